The number of rotatable bonds is 7. The number of amides is 2. The molecular weight excluding hydrogens is 446 g/mol. The number of carbonyl (C=O) groups excluding carboxylic acids is 2. The predicted octanol–water partition coefficient (Wildman–Crippen LogP) is 3.15. The van der Waals surface area contributed by atoms with Gasteiger partial charge in [-0.05, 0) is 62.3 Å². The van der Waals surface area contributed by atoms with E-state index >= 15 is 0 Å². The fourth-order valence-electron chi connectivity index (χ4n) is 3.94. The molecule has 0 saturated carbocycles. The van der Waals surface area contributed by atoms with Crippen molar-refractivity contribution in [2.45, 2.75) is 26.4 Å². The van der Waals surface area contributed by atoms with Crippen LogP contribution in [0.25, 0.3) is 12.2 Å². The maximum absolute atomic E-state index is 13.7. The molecule has 1 unspecified atom stereocenters. The number of carbonyl (C=O) groups is 2. The fourth-order valence-corrected chi connectivity index (χ4v) is 4.28. The van der Waals surface area contributed by atoms with Crippen molar-refractivity contribution in [2.24, 2.45) is 5.73 Å². The number of thiol groups is 1. The van der Waals surface area contributed by atoms with Crippen LogP contribution in [0.4, 0.5) is 11.4 Å². The van der Waals surface area contributed by atoms with E-state index in [0.717, 1.165) is 33.6 Å². The predicted molar refractivity (Wildman–Crippen MR) is 146 cm³/mol. The van der Waals surface area contributed by atoms with Crippen LogP contribution in [0.5, 0.6) is 0 Å². The van der Waals surface area contributed by atoms with Crippen molar-refractivity contribution in [3.63, 3.8) is 0 Å². The van der Waals surface area contributed by atoms with Gasteiger partial charge in [0.1, 0.15) is 6.04 Å². The molecule has 0 saturated heterocycles. The normalized spacial score (nSPS) is 15.4. The Morgan fingerprint density at radius 2 is 1.91 bits per heavy atom. The van der Waals surface area contributed by atoms with E-state index in [-0.39, 0.29) is 24.9 Å². The third kappa shape index (κ3) is 6.08. The summed E-state index contributed by atoms with van der Waals surface area (Å²) in [5.41, 5.74) is 10.2. The highest BCUT2D eigenvalue weighted by Crippen LogP contribution is 2.36. The summed E-state index contributed by atoms with van der Waals surface area (Å²) in [6, 6.07) is 11.0. The van der Waals surface area contributed by atoms with Gasteiger partial charge >= 0.3 is 0 Å². The van der Waals surface area contributed by atoms with Gasteiger partial charge in [0.25, 0.3) is 5.91 Å². The summed E-state index contributed by atoms with van der Waals surface area (Å²) >= 11 is 4.62. The van der Waals surface area contributed by atoms with Gasteiger partial charge in [-0.3, -0.25) is 9.59 Å². The first-order chi connectivity index (χ1) is 16.4. The average Bonchev–Trinajstić information content (AvgIpc) is 2.93. The minimum Gasteiger partial charge on any atom is -0.342 e. The van der Waals surface area contributed by atoms with Crippen molar-refractivity contribution >= 4 is 48.2 Å². The fraction of sp³-hybridized carbons (Fsp3) is 0.308. The minimum absolute atomic E-state index is 0.134. The SMILES string of the molecule is C=Cc1ccc(C)c(CN2C(=O)C(NC(=O)CNC)CN(S)c3ccccc32)c1/C=C\C.CN. The Balaban J connectivity index is 0.00000199. The van der Waals surface area contributed by atoms with Gasteiger partial charge in [-0.15, -0.1) is 0 Å². The van der Waals surface area contributed by atoms with E-state index in [1.54, 1.807) is 16.3 Å². The molecule has 0 radical (unpaired) electrons. The van der Waals surface area contributed by atoms with E-state index in [4.69, 9.17) is 0 Å². The van der Waals surface area contributed by atoms with Crippen LogP contribution in [0, 0.1) is 6.92 Å². The standard InChI is InChI=1S/C25H30N4O2S.CH5N/c1-5-9-19-18(6-2)13-12-17(3)20(19)15-28-22-10-7-8-11-23(22)29(32)16-21(25(28)31)27-24(30)14-26-4;1-2/h5-13,21,26,32H,2,14-16H2,1,3-4H3,(H,27,30);2H2,1H3/b9-5-;. The number of para-hydroxylation sites is 2. The second kappa shape index (κ2) is 13.0. The number of nitrogens with one attached hydrogen (secondary N) is 2. The average molecular weight is 482 g/mol. The lowest BCUT2D eigenvalue weighted by atomic mass is 9.95. The number of nitrogens with two attached hydrogens (primary N) is 1. The highest BCUT2D eigenvalue weighted by molar-refractivity contribution is 7.81. The zero-order valence-corrected chi connectivity index (χ0v) is 21.2. The second-order valence-corrected chi connectivity index (χ2v) is 8.20. The summed E-state index contributed by atoms with van der Waals surface area (Å²) in [7, 11) is 3.19. The first kappa shape index (κ1) is 27.2. The molecule has 182 valence electrons. The van der Waals surface area contributed by atoms with Crippen LogP contribution in [0.15, 0.2) is 49.1 Å². The van der Waals surface area contributed by atoms with Gasteiger partial charge in [0.15, 0.2) is 0 Å². The van der Waals surface area contributed by atoms with Crippen LogP contribution < -0.4 is 25.6 Å². The number of fused-ring (bicyclic) bond motifs is 1. The van der Waals surface area contributed by atoms with Crippen molar-refractivity contribution in [1.29, 1.82) is 0 Å². The van der Waals surface area contributed by atoms with Crippen LogP contribution in [0.3, 0.4) is 0 Å². The van der Waals surface area contributed by atoms with E-state index in [1.165, 1.54) is 7.05 Å². The smallest absolute Gasteiger partial charge is 0.251 e. The molecule has 0 aliphatic carbocycles. The molecule has 1 aliphatic heterocycles. The Hall–Kier alpha value is -3.07. The van der Waals surface area contributed by atoms with Gasteiger partial charge in [-0.2, -0.15) is 0 Å². The van der Waals surface area contributed by atoms with Crippen molar-refractivity contribution < 1.29 is 9.59 Å². The summed E-state index contributed by atoms with van der Waals surface area (Å²) in [6.45, 7) is 8.72. The van der Waals surface area contributed by atoms with Crippen molar-refractivity contribution in [3.8, 4) is 0 Å². The maximum atomic E-state index is 13.7. The number of hydrogen-bond acceptors (Lipinski definition) is 6. The summed E-state index contributed by atoms with van der Waals surface area (Å²) in [5, 5.41) is 5.68. The Bertz CT molecular complexity index is 1050. The first-order valence-corrected chi connectivity index (χ1v) is 11.6. The Kier molecular flexibility index (Phi) is 10.4. The van der Waals surface area contributed by atoms with E-state index in [2.05, 4.69) is 35.8 Å². The van der Waals surface area contributed by atoms with Crippen LogP contribution in [-0.4, -0.2) is 45.0 Å². The molecule has 2 amide bonds. The number of aryl methyl sites for hydroxylation is 1. The van der Waals surface area contributed by atoms with Crippen LogP contribution in [-0.2, 0) is 16.1 Å². The number of allylic oxidation sites excluding steroid dienone is 1. The number of likely N-dealkylation sites (N-methyl/N-ethyl adjacent to an activating group) is 1. The maximum Gasteiger partial charge on any atom is 0.251 e. The number of nitrogens with zero attached hydrogens (tertiary/aromatic N) is 2. The largest absolute Gasteiger partial charge is 0.342 e. The van der Waals surface area contributed by atoms with E-state index < -0.39 is 6.04 Å². The lowest BCUT2D eigenvalue weighted by Gasteiger charge is -2.27. The lowest BCUT2D eigenvalue weighted by Crippen LogP contribution is -2.52. The summed E-state index contributed by atoms with van der Waals surface area (Å²) in [5.74, 6) is -0.411. The van der Waals surface area contributed by atoms with Gasteiger partial charge in [0.2, 0.25) is 5.91 Å². The minimum atomic E-state index is -0.728. The molecule has 34 heavy (non-hydrogen) atoms. The Labute approximate surface area is 208 Å². The molecule has 1 aliphatic rings. The molecule has 1 heterocycles. The molecule has 3 rings (SSSR count). The van der Waals surface area contributed by atoms with Crippen molar-refractivity contribution in [2.75, 3.05) is 36.4 Å². The van der Waals surface area contributed by atoms with Gasteiger partial charge in [0, 0.05) is 0 Å². The van der Waals surface area contributed by atoms with Crippen LogP contribution in [0.1, 0.15) is 29.2 Å². The molecule has 0 fully saturated rings. The van der Waals surface area contributed by atoms with Crippen molar-refractivity contribution in [3.05, 3.63) is 71.3 Å². The van der Waals surface area contributed by atoms with Gasteiger partial charge in [-0.1, -0.05) is 61.9 Å². The van der Waals surface area contributed by atoms with Crippen LogP contribution in [0.2, 0.25) is 0 Å². The third-order valence-electron chi connectivity index (χ3n) is 5.54. The molecule has 0 spiro atoms. The van der Waals surface area contributed by atoms with Gasteiger partial charge in [0.05, 0.1) is 31.0 Å². The Morgan fingerprint density at radius 3 is 2.53 bits per heavy atom. The number of anilines is 2. The molecule has 0 aromatic heterocycles. The van der Waals surface area contributed by atoms with Gasteiger partial charge in [-0.25, -0.2) is 0 Å². The first-order valence-electron chi connectivity index (χ1n) is 11.2. The molecule has 2 aromatic rings. The molecule has 8 heteroatoms. The van der Waals surface area contributed by atoms with Gasteiger partial charge < -0.3 is 25.6 Å². The topological polar surface area (TPSA) is 90.7 Å². The molecule has 0 bridgehead atoms. The Morgan fingerprint density at radius 1 is 1.24 bits per heavy atom. The monoisotopic (exact) mass is 481 g/mol. The second-order valence-electron chi connectivity index (χ2n) is 7.71. The number of hydrogen-bond donors (Lipinski definition) is 4. The van der Waals surface area contributed by atoms with E-state index in [9.17, 15) is 9.59 Å². The molecule has 2 aromatic carbocycles. The number of benzene rings is 2. The molecule has 4 N–H and O–H groups in total. The highest BCUT2D eigenvalue weighted by atomic mass is 32.1. The third-order valence-corrected chi connectivity index (χ3v) is 5.92. The summed E-state index contributed by atoms with van der Waals surface area (Å²) in [6.07, 6.45) is 5.86. The van der Waals surface area contributed by atoms with Crippen LogP contribution >= 0.6 is 12.8 Å². The zero-order valence-electron chi connectivity index (χ0n) is 20.3. The molecule has 1 atom stereocenters. The molecular formula is C26H35N5O2S. The quantitative estimate of drug-likeness (QED) is 0.456. The summed E-state index contributed by atoms with van der Waals surface area (Å²) in [4.78, 5) is 27.8. The lowest BCUT2D eigenvalue weighted by molar-refractivity contribution is -0.126. The summed E-state index contributed by atoms with van der Waals surface area (Å²) < 4.78 is 1.72. The zero-order chi connectivity index (χ0) is 25.3. The highest BCUT2D eigenvalue weighted by Gasteiger charge is 2.34. The molecule has 7 nitrogen and oxygen atoms in total. The van der Waals surface area contributed by atoms with E-state index in [1.807, 2.05) is 68.5 Å². The van der Waals surface area contributed by atoms with Crippen molar-refractivity contribution in [1.82, 2.24) is 10.6 Å². The van der Waals surface area contributed by atoms with E-state index in [0.29, 0.717) is 6.54 Å².